The average molecular weight is 378 g/mol. The highest BCUT2D eigenvalue weighted by atomic mass is 16.4. The van der Waals surface area contributed by atoms with E-state index in [1.807, 2.05) is 24.3 Å². The van der Waals surface area contributed by atoms with E-state index in [1.165, 1.54) is 4.57 Å². The molecule has 0 saturated carbocycles. The molecule has 0 aliphatic rings. The van der Waals surface area contributed by atoms with E-state index in [0.717, 1.165) is 34.4 Å². The number of rotatable bonds is 5. The van der Waals surface area contributed by atoms with Crippen LogP contribution in [0, 0.1) is 5.92 Å². The van der Waals surface area contributed by atoms with Crippen LogP contribution in [0.4, 0.5) is 4.79 Å². The quantitative estimate of drug-likeness (QED) is 0.573. The fourth-order valence-electron chi connectivity index (χ4n) is 3.57. The largest absolute Gasteiger partial charge is 0.464 e. The number of fused-ring (bicyclic) bond motifs is 2. The van der Waals surface area contributed by atoms with Crippen molar-refractivity contribution >= 4 is 28.2 Å². The first-order valence-electron chi connectivity index (χ1n) is 9.35. The van der Waals surface area contributed by atoms with Gasteiger partial charge in [-0.25, -0.2) is 14.6 Å². The van der Waals surface area contributed by atoms with E-state index < -0.39 is 11.8 Å². The predicted octanol–water partition coefficient (Wildman–Crippen LogP) is 3.77. The maximum absolute atomic E-state index is 12.8. The molecule has 2 heterocycles. The van der Waals surface area contributed by atoms with Crippen molar-refractivity contribution in [1.82, 2.24) is 18.7 Å². The number of para-hydroxylation sites is 4. The number of hydrogen-bond donors (Lipinski definition) is 1. The first-order valence-corrected chi connectivity index (χ1v) is 9.35. The summed E-state index contributed by atoms with van der Waals surface area (Å²) in [7, 11) is 0. The van der Waals surface area contributed by atoms with E-state index in [4.69, 9.17) is 4.98 Å². The van der Waals surface area contributed by atoms with E-state index in [0.29, 0.717) is 17.0 Å². The third-order valence-electron chi connectivity index (χ3n) is 4.99. The van der Waals surface area contributed by atoms with Gasteiger partial charge in [-0.3, -0.25) is 4.57 Å². The lowest BCUT2D eigenvalue weighted by molar-refractivity contribution is 0.196. The molecule has 144 valence electrons. The van der Waals surface area contributed by atoms with Crippen LogP contribution >= 0.6 is 0 Å². The van der Waals surface area contributed by atoms with Gasteiger partial charge in [-0.15, -0.1) is 0 Å². The number of carboxylic acid groups (broad SMARTS) is 1. The zero-order valence-corrected chi connectivity index (χ0v) is 15.9. The maximum Gasteiger partial charge on any atom is 0.420 e. The first-order chi connectivity index (χ1) is 13.5. The molecule has 0 bridgehead atoms. The molecule has 0 amide bonds. The third-order valence-corrected chi connectivity index (χ3v) is 4.99. The van der Waals surface area contributed by atoms with Gasteiger partial charge in [0.1, 0.15) is 5.82 Å². The SMILES string of the molecule is CC(C)CCn1c(Cn2c(=O)n(C(=O)O)c3ccccc32)nc2ccccc21. The number of aryl methyl sites for hydroxylation is 1. The summed E-state index contributed by atoms with van der Waals surface area (Å²) in [5, 5.41) is 9.49. The topological polar surface area (TPSA) is 82.0 Å². The van der Waals surface area contributed by atoms with Gasteiger partial charge in [-0.1, -0.05) is 38.1 Å². The lowest BCUT2D eigenvalue weighted by Gasteiger charge is -2.11. The molecule has 7 nitrogen and oxygen atoms in total. The second kappa shape index (κ2) is 6.99. The molecular weight excluding hydrogens is 356 g/mol. The maximum atomic E-state index is 12.8. The van der Waals surface area contributed by atoms with Crippen LogP contribution in [-0.2, 0) is 13.1 Å². The summed E-state index contributed by atoms with van der Waals surface area (Å²) >= 11 is 0. The van der Waals surface area contributed by atoms with Crippen molar-refractivity contribution in [2.24, 2.45) is 5.92 Å². The zero-order chi connectivity index (χ0) is 19.8. The third kappa shape index (κ3) is 2.98. The number of benzene rings is 2. The van der Waals surface area contributed by atoms with Crippen molar-refractivity contribution in [3.8, 4) is 0 Å². The Labute approximate surface area is 161 Å². The summed E-state index contributed by atoms with van der Waals surface area (Å²) in [6.07, 6.45) is -0.299. The van der Waals surface area contributed by atoms with Gasteiger partial charge >= 0.3 is 11.8 Å². The minimum atomic E-state index is -1.28. The fourth-order valence-corrected chi connectivity index (χ4v) is 3.57. The molecule has 0 aliphatic carbocycles. The minimum Gasteiger partial charge on any atom is -0.464 e. The van der Waals surface area contributed by atoms with Gasteiger partial charge < -0.3 is 9.67 Å². The van der Waals surface area contributed by atoms with E-state index in [2.05, 4.69) is 18.4 Å². The Morgan fingerprint density at radius 1 is 1.00 bits per heavy atom. The predicted molar refractivity (Wildman–Crippen MR) is 108 cm³/mol. The molecule has 0 radical (unpaired) electrons. The number of carbonyl (C=O) groups is 1. The second-order valence-electron chi connectivity index (χ2n) is 7.33. The highest BCUT2D eigenvalue weighted by molar-refractivity contribution is 5.86. The Bertz CT molecular complexity index is 1230. The summed E-state index contributed by atoms with van der Waals surface area (Å²) in [6.45, 7) is 5.35. The second-order valence-corrected chi connectivity index (χ2v) is 7.33. The molecule has 0 fully saturated rings. The first kappa shape index (κ1) is 18.0. The van der Waals surface area contributed by atoms with Crippen LogP contribution in [0.15, 0.2) is 53.3 Å². The van der Waals surface area contributed by atoms with Crippen molar-refractivity contribution < 1.29 is 9.90 Å². The van der Waals surface area contributed by atoms with Crippen LogP contribution in [0.5, 0.6) is 0 Å². The Balaban J connectivity index is 1.87. The van der Waals surface area contributed by atoms with Crippen molar-refractivity contribution in [3.05, 3.63) is 64.8 Å². The van der Waals surface area contributed by atoms with Gasteiger partial charge in [-0.05, 0) is 36.6 Å². The normalized spacial score (nSPS) is 11.7. The molecule has 7 heteroatoms. The molecule has 2 aromatic heterocycles. The molecule has 4 rings (SSSR count). The van der Waals surface area contributed by atoms with Gasteiger partial charge in [0.2, 0.25) is 0 Å². The smallest absolute Gasteiger partial charge is 0.420 e. The number of hydrogen-bond acceptors (Lipinski definition) is 3. The standard InChI is InChI=1S/C21H22N4O3/c1-14(2)11-12-23-16-8-4-3-7-15(16)22-19(23)13-24-17-9-5-6-10-18(17)25(20(24)26)21(27)28/h3-10,14H,11-13H2,1-2H3,(H,27,28). The molecule has 1 N–H and O–H groups in total. The highest BCUT2D eigenvalue weighted by Gasteiger charge is 2.20. The Morgan fingerprint density at radius 2 is 1.64 bits per heavy atom. The Morgan fingerprint density at radius 3 is 2.32 bits per heavy atom. The zero-order valence-electron chi connectivity index (χ0n) is 15.9. The number of nitrogens with zero attached hydrogens (tertiary/aromatic N) is 4. The van der Waals surface area contributed by atoms with Crippen molar-refractivity contribution in [3.63, 3.8) is 0 Å². The average Bonchev–Trinajstić information content (AvgIpc) is 3.15. The summed E-state index contributed by atoms with van der Waals surface area (Å²) in [5.74, 6) is 1.28. The monoisotopic (exact) mass is 378 g/mol. The highest BCUT2D eigenvalue weighted by Crippen LogP contribution is 2.20. The van der Waals surface area contributed by atoms with Crippen LogP contribution in [0.2, 0.25) is 0 Å². The molecule has 2 aromatic carbocycles. The number of imidazole rings is 2. The van der Waals surface area contributed by atoms with Gasteiger partial charge in [-0.2, -0.15) is 4.57 Å². The Hall–Kier alpha value is -3.35. The fraction of sp³-hybridized carbons (Fsp3) is 0.286. The van der Waals surface area contributed by atoms with Crippen molar-refractivity contribution in [2.75, 3.05) is 0 Å². The molecule has 28 heavy (non-hydrogen) atoms. The Kier molecular flexibility index (Phi) is 4.50. The molecule has 0 spiro atoms. The summed E-state index contributed by atoms with van der Waals surface area (Å²) in [4.78, 5) is 29.2. The van der Waals surface area contributed by atoms with E-state index in [1.54, 1.807) is 24.3 Å². The summed E-state index contributed by atoms with van der Waals surface area (Å²) < 4.78 is 4.40. The molecule has 0 aliphatic heterocycles. The summed E-state index contributed by atoms with van der Waals surface area (Å²) in [5.41, 5.74) is 2.28. The van der Waals surface area contributed by atoms with E-state index in [9.17, 15) is 14.7 Å². The minimum absolute atomic E-state index is 0.215. The van der Waals surface area contributed by atoms with Crippen molar-refractivity contribution in [2.45, 2.75) is 33.4 Å². The lowest BCUT2D eigenvalue weighted by Crippen LogP contribution is -2.29. The van der Waals surface area contributed by atoms with Gasteiger partial charge in [0, 0.05) is 6.54 Å². The molecule has 4 aromatic rings. The van der Waals surface area contributed by atoms with Gasteiger partial charge in [0.15, 0.2) is 0 Å². The van der Waals surface area contributed by atoms with Gasteiger partial charge in [0.05, 0.1) is 28.6 Å². The van der Waals surface area contributed by atoms with Crippen LogP contribution in [0.1, 0.15) is 26.1 Å². The van der Waals surface area contributed by atoms with Crippen LogP contribution in [-0.4, -0.2) is 29.9 Å². The van der Waals surface area contributed by atoms with E-state index in [-0.39, 0.29) is 6.54 Å². The molecule has 0 unspecified atom stereocenters. The molecule has 0 atom stereocenters. The van der Waals surface area contributed by atoms with Crippen molar-refractivity contribution in [1.29, 1.82) is 0 Å². The van der Waals surface area contributed by atoms with E-state index >= 15 is 0 Å². The van der Waals surface area contributed by atoms with Crippen LogP contribution in [0.25, 0.3) is 22.1 Å². The lowest BCUT2D eigenvalue weighted by atomic mass is 10.1. The molecular formula is C21H22N4O3. The van der Waals surface area contributed by atoms with Crippen LogP contribution < -0.4 is 5.69 Å². The summed E-state index contributed by atoms with van der Waals surface area (Å²) in [6, 6.07) is 14.8. The van der Waals surface area contributed by atoms with Crippen LogP contribution in [0.3, 0.4) is 0 Å². The molecule has 0 saturated heterocycles. The number of aromatic nitrogens is 4. The van der Waals surface area contributed by atoms with Gasteiger partial charge in [0.25, 0.3) is 0 Å².